The van der Waals surface area contributed by atoms with Gasteiger partial charge >= 0.3 is 18.4 Å². The number of likely N-dealkylation sites (tertiary alicyclic amines) is 1. The summed E-state index contributed by atoms with van der Waals surface area (Å²) in [6.07, 6.45) is -8.41. The highest BCUT2D eigenvalue weighted by molar-refractivity contribution is 8.14. The lowest BCUT2D eigenvalue weighted by molar-refractivity contribution is -0.143. The molecular formula is C25H25F7N2O2S. The summed E-state index contributed by atoms with van der Waals surface area (Å²) in [6, 6.07) is 4.40. The molecule has 0 radical (unpaired) electrons. The van der Waals surface area contributed by atoms with Gasteiger partial charge in [-0.15, -0.1) is 0 Å². The van der Waals surface area contributed by atoms with Crippen LogP contribution in [-0.2, 0) is 23.6 Å². The minimum absolute atomic E-state index is 0.0263. The molecule has 1 saturated heterocycles. The van der Waals surface area contributed by atoms with Crippen molar-refractivity contribution in [1.82, 2.24) is 10.2 Å². The lowest BCUT2D eigenvalue weighted by Gasteiger charge is -2.37. The quantitative estimate of drug-likeness (QED) is 0.315. The van der Waals surface area contributed by atoms with E-state index in [0.29, 0.717) is 48.8 Å². The molecule has 0 aromatic heterocycles. The molecule has 0 bridgehead atoms. The molecule has 202 valence electrons. The van der Waals surface area contributed by atoms with E-state index in [1.54, 1.807) is 13.0 Å². The Morgan fingerprint density at radius 2 is 1.65 bits per heavy atom. The van der Waals surface area contributed by atoms with Crippen LogP contribution in [0.15, 0.2) is 36.4 Å². The van der Waals surface area contributed by atoms with Crippen molar-refractivity contribution in [3.05, 3.63) is 70.0 Å². The van der Waals surface area contributed by atoms with Crippen molar-refractivity contribution in [2.45, 2.75) is 63.3 Å². The van der Waals surface area contributed by atoms with Crippen molar-refractivity contribution in [3.8, 4) is 0 Å². The van der Waals surface area contributed by atoms with Crippen LogP contribution in [0.1, 0.15) is 60.0 Å². The second-order valence-corrected chi connectivity index (χ2v) is 10.3. The monoisotopic (exact) mass is 550 g/mol. The van der Waals surface area contributed by atoms with Gasteiger partial charge < -0.3 is 10.2 Å². The lowest BCUT2D eigenvalue weighted by atomic mass is 9.92. The number of benzene rings is 2. The van der Waals surface area contributed by atoms with Crippen LogP contribution in [-0.4, -0.2) is 28.0 Å². The normalized spacial score (nSPS) is 17.4. The average Bonchev–Trinajstić information content (AvgIpc) is 2.77. The maximum atomic E-state index is 13.6. The van der Waals surface area contributed by atoms with Crippen molar-refractivity contribution in [1.29, 1.82) is 0 Å². The molecule has 12 heteroatoms. The van der Waals surface area contributed by atoms with Crippen LogP contribution < -0.4 is 5.32 Å². The second kappa shape index (κ2) is 11.3. The number of alkyl halides is 6. The van der Waals surface area contributed by atoms with Gasteiger partial charge in [-0.1, -0.05) is 17.8 Å². The van der Waals surface area contributed by atoms with E-state index in [0.717, 1.165) is 12.0 Å². The first-order valence-corrected chi connectivity index (χ1v) is 12.3. The molecule has 2 aromatic carbocycles. The number of hydrogen-bond donors (Lipinski definition) is 1. The lowest BCUT2D eigenvalue weighted by Crippen LogP contribution is -2.48. The molecule has 1 fully saturated rings. The average molecular weight is 551 g/mol. The van der Waals surface area contributed by atoms with Crippen molar-refractivity contribution >= 4 is 22.9 Å². The molecular weight excluding hydrogens is 525 g/mol. The number of urea groups is 1. The Bertz CT molecular complexity index is 1120. The molecule has 2 unspecified atom stereocenters. The van der Waals surface area contributed by atoms with Gasteiger partial charge in [0.1, 0.15) is 5.82 Å². The van der Waals surface area contributed by atoms with E-state index in [1.807, 2.05) is 0 Å². The van der Waals surface area contributed by atoms with E-state index >= 15 is 0 Å². The zero-order valence-corrected chi connectivity index (χ0v) is 20.8. The maximum Gasteiger partial charge on any atom is 0.416 e. The number of thioether (sulfide) groups is 1. The van der Waals surface area contributed by atoms with Gasteiger partial charge in [-0.25, -0.2) is 9.18 Å². The molecule has 2 atom stereocenters. The Labute approximate surface area is 213 Å². The van der Waals surface area contributed by atoms with Crippen molar-refractivity contribution in [2.24, 2.45) is 0 Å². The predicted octanol–water partition coefficient (Wildman–Crippen LogP) is 7.26. The van der Waals surface area contributed by atoms with Crippen LogP contribution in [0.25, 0.3) is 0 Å². The van der Waals surface area contributed by atoms with Crippen LogP contribution in [0.2, 0.25) is 0 Å². The number of carbonyl (C=O) groups is 2. The van der Waals surface area contributed by atoms with E-state index < -0.39 is 58.3 Å². The van der Waals surface area contributed by atoms with Gasteiger partial charge in [-0.05, 0) is 73.2 Å². The topological polar surface area (TPSA) is 49.4 Å². The summed E-state index contributed by atoms with van der Waals surface area (Å²) < 4.78 is 93.2. The fourth-order valence-corrected chi connectivity index (χ4v) is 5.24. The minimum atomic E-state index is -5.02. The van der Waals surface area contributed by atoms with Crippen LogP contribution in [0, 0.1) is 12.7 Å². The van der Waals surface area contributed by atoms with Crippen LogP contribution in [0.5, 0.6) is 0 Å². The number of nitrogens with zero attached hydrogens (tertiary/aromatic N) is 1. The summed E-state index contributed by atoms with van der Waals surface area (Å²) in [7, 11) is 0. The second-order valence-electron chi connectivity index (χ2n) is 8.87. The van der Waals surface area contributed by atoms with Crippen LogP contribution >= 0.6 is 11.8 Å². The van der Waals surface area contributed by atoms with Gasteiger partial charge in [0.05, 0.1) is 22.5 Å². The number of halogens is 7. The zero-order chi connectivity index (χ0) is 27.5. The number of aryl methyl sites for hydroxylation is 1. The Morgan fingerprint density at radius 1 is 1.03 bits per heavy atom. The van der Waals surface area contributed by atoms with Crippen molar-refractivity contribution in [3.63, 3.8) is 0 Å². The molecule has 0 saturated carbocycles. The molecule has 0 aliphatic carbocycles. The predicted molar refractivity (Wildman–Crippen MR) is 125 cm³/mol. The highest BCUT2D eigenvalue weighted by Crippen LogP contribution is 2.37. The standard InChI is InChI=1S/C25H25F7N2O2S/c1-14-9-19(26)6-7-20(14)21-5-3-4-8-34(21)23(36)33-22(37-15(2)35)12-16-10-17(24(27,28)29)13-18(11-16)25(30,31)32/h6-7,9-11,13,21-22H,3-5,8,12H2,1-2H3,(H,33,36). The third kappa shape index (κ3) is 7.62. The molecule has 0 spiro atoms. The molecule has 4 nitrogen and oxygen atoms in total. The van der Waals surface area contributed by atoms with Crippen molar-refractivity contribution < 1.29 is 40.3 Å². The minimum Gasteiger partial charge on any atom is -0.325 e. The van der Waals surface area contributed by atoms with E-state index in [1.165, 1.54) is 24.0 Å². The van der Waals surface area contributed by atoms with E-state index in [9.17, 15) is 40.3 Å². The van der Waals surface area contributed by atoms with Gasteiger partial charge in [-0.2, -0.15) is 26.3 Å². The molecule has 1 N–H and O–H groups in total. The molecule has 3 rings (SSSR count). The number of piperidine rings is 1. The van der Waals surface area contributed by atoms with E-state index in [4.69, 9.17) is 0 Å². The molecule has 37 heavy (non-hydrogen) atoms. The number of rotatable bonds is 5. The van der Waals surface area contributed by atoms with Crippen LogP contribution in [0.4, 0.5) is 35.5 Å². The molecule has 2 aromatic rings. The molecule has 1 heterocycles. The Morgan fingerprint density at radius 3 is 2.19 bits per heavy atom. The fourth-order valence-electron chi connectivity index (χ4n) is 4.41. The summed E-state index contributed by atoms with van der Waals surface area (Å²) in [5, 5.41) is 1.01. The highest BCUT2D eigenvalue weighted by atomic mass is 32.2. The first-order valence-electron chi connectivity index (χ1n) is 11.4. The van der Waals surface area contributed by atoms with Gasteiger partial charge in [0.15, 0.2) is 5.12 Å². The van der Waals surface area contributed by atoms with Crippen LogP contribution in [0.3, 0.4) is 0 Å². The largest absolute Gasteiger partial charge is 0.416 e. The Balaban J connectivity index is 1.88. The summed E-state index contributed by atoms with van der Waals surface area (Å²) in [5.74, 6) is -0.426. The number of amides is 2. The molecule has 2 amide bonds. The summed E-state index contributed by atoms with van der Waals surface area (Å²) in [4.78, 5) is 26.6. The maximum absolute atomic E-state index is 13.6. The summed E-state index contributed by atoms with van der Waals surface area (Å²) in [5.41, 5.74) is -1.90. The fraction of sp³-hybridized carbons (Fsp3) is 0.440. The smallest absolute Gasteiger partial charge is 0.325 e. The van der Waals surface area contributed by atoms with Gasteiger partial charge in [0, 0.05) is 19.9 Å². The van der Waals surface area contributed by atoms with Gasteiger partial charge in [0.2, 0.25) is 0 Å². The molecule has 1 aliphatic heterocycles. The first kappa shape index (κ1) is 28.8. The number of carbonyl (C=O) groups excluding carboxylic acids is 2. The van der Waals surface area contributed by atoms with E-state index in [2.05, 4.69) is 5.32 Å². The Hall–Kier alpha value is -2.76. The SMILES string of the molecule is CC(=O)SC(Cc1cc(C(F)(F)F)cc(C(F)(F)F)c1)NC(=O)N1CCCCC1c1ccc(F)cc1C. The number of hydrogen-bond acceptors (Lipinski definition) is 3. The van der Waals surface area contributed by atoms with Gasteiger partial charge in [-0.3, -0.25) is 4.79 Å². The molecule has 1 aliphatic rings. The Kier molecular flexibility index (Phi) is 8.81. The van der Waals surface area contributed by atoms with E-state index in [-0.39, 0.29) is 11.6 Å². The summed E-state index contributed by atoms with van der Waals surface area (Å²) in [6.45, 7) is 3.23. The number of nitrogens with one attached hydrogen (secondary N) is 1. The third-order valence-corrected chi connectivity index (χ3v) is 6.92. The van der Waals surface area contributed by atoms with Gasteiger partial charge in [0.25, 0.3) is 0 Å². The summed E-state index contributed by atoms with van der Waals surface area (Å²) >= 11 is 0.606. The van der Waals surface area contributed by atoms with Crippen molar-refractivity contribution in [2.75, 3.05) is 6.54 Å². The highest BCUT2D eigenvalue weighted by Gasteiger charge is 2.37. The zero-order valence-electron chi connectivity index (χ0n) is 20.0. The third-order valence-electron chi connectivity index (χ3n) is 6.02. The first-order chi connectivity index (χ1) is 17.1.